The number of aromatic nitrogens is 2. The molecule has 1 aromatic carbocycles. The zero-order valence-electron chi connectivity index (χ0n) is 10.7. The van der Waals surface area contributed by atoms with Gasteiger partial charge >= 0.3 is 0 Å². The van der Waals surface area contributed by atoms with Gasteiger partial charge in [0.1, 0.15) is 12.4 Å². The normalized spacial score (nSPS) is 10.3. The maximum Gasteiger partial charge on any atom is 0.297 e. The highest BCUT2D eigenvalue weighted by Gasteiger charge is 2.10. The van der Waals surface area contributed by atoms with Crippen LogP contribution in [0.3, 0.4) is 0 Å². The first-order valence-corrected chi connectivity index (χ1v) is 6.96. The zero-order chi connectivity index (χ0) is 14.5. The molecule has 0 saturated carbocycles. The minimum Gasteiger partial charge on any atom is -0.492 e. The third-order valence-corrected chi connectivity index (χ3v) is 3.37. The number of nitrogens with zero attached hydrogens (tertiary/aromatic N) is 2. The van der Waals surface area contributed by atoms with Gasteiger partial charge in [-0.3, -0.25) is 9.36 Å². The lowest BCUT2D eigenvalue weighted by molar-refractivity contribution is 0.293. The summed E-state index contributed by atoms with van der Waals surface area (Å²) in [5.41, 5.74) is -0.327. The Hall–Kier alpha value is -1.53. The van der Waals surface area contributed by atoms with Crippen molar-refractivity contribution in [3.8, 4) is 11.5 Å². The van der Waals surface area contributed by atoms with Crippen LogP contribution in [0.5, 0.6) is 11.5 Å². The van der Waals surface area contributed by atoms with E-state index in [1.807, 2.05) is 24.3 Å². The van der Waals surface area contributed by atoms with Crippen LogP contribution in [-0.4, -0.2) is 23.3 Å². The number of benzene rings is 1. The van der Waals surface area contributed by atoms with E-state index in [0.29, 0.717) is 13.2 Å². The van der Waals surface area contributed by atoms with Crippen LogP contribution in [0.15, 0.2) is 39.9 Å². The smallest absolute Gasteiger partial charge is 0.297 e. The molecule has 0 aliphatic rings. The van der Waals surface area contributed by atoms with Gasteiger partial charge in [-0.25, -0.2) is 4.98 Å². The number of hydrogen-bond donors (Lipinski definition) is 0. The first-order valence-electron chi connectivity index (χ1n) is 5.79. The zero-order valence-corrected chi connectivity index (χ0v) is 13.0. The number of halogens is 2. The van der Waals surface area contributed by atoms with Crippen LogP contribution in [-0.2, 0) is 6.54 Å². The van der Waals surface area contributed by atoms with Crippen LogP contribution in [0.2, 0.25) is 5.15 Å². The summed E-state index contributed by atoms with van der Waals surface area (Å²) < 4.78 is 12.8. The second-order valence-electron chi connectivity index (χ2n) is 3.87. The summed E-state index contributed by atoms with van der Waals surface area (Å²) in [6.45, 7) is 0.698. The van der Waals surface area contributed by atoms with E-state index in [1.54, 1.807) is 0 Å². The van der Waals surface area contributed by atoms with E-state index in [2.05, 4.69) is 20.9 Å². The minimum absolute atomic E-state index is 0.0396. The molecule has 0 atom stereocenters. The number of ether oxygens (including phenoxy) is 2. The van der Waals surface area contributed by atoms with Gasteiger partial charge in [-0.15, -0.1) is 0 Å². The lowest BCUT2D eigenvalue weighted by Gasteiger charge is -2.09. The Morgan fingerprint density at radius 3 is 2.70 bits per heavy atom. The number of rotatable bonds is 5. The van der Waals surface area contributed by atoms with Crippen molar-refractivity contribution >= 4 is 27.5 Å². The van der Waals surface area contributed by atoms with Crippen molar-refractivity contribution in [3.63, 3.8) is 0 Å². The molecule has 0 saturated heterocycles. The molecule has 0 aliphatic carbocycles. The molecular formula is C13H12BrClN2O3. The molecule has 1 aromatic heterocycles. The van der Waals surface area contributed by atoms with E-state index in [-0.39, 0.29) is 16.5 Å². The maximum atomic E-state index is 12.0. The lowest BCUT2D eigenvalue weighted by Crippen LogP contribution is -2.24. The summed E-state index contributed by atoms with van der Waals surface area (Å²) in [5, 5.41) is 0.0579. The van der Waals surface area contributed by atoms with Crippen LogP contribution >= 0.6 is 27.5 Å². The van der Waals surface area contributed by atoms with Crippen molar-refractivity contribution < 1.29 is 9.47 Å². The van der Waals surface area contributed by atoms with E-state index in [1.165, 1.54) is 18.0 Å². The lowest BCUT2D eigenvalue weighted by atomic mass is 10.3. The standard InChI is InChI=1S/C13H12BrClN2O3/c1-19-11-12(15)16-8-17(13(11)18)6-7-20-10-4-2-9(14)3-5-10/h2-5,8H,6-7H2,1H3. The van der Waals surface area contributed by atoms with Crippen molar-refractivity contribution in [1.82, 2.24) is 9.55 Å². The molecule has 7 heteroatoms. The molecule has 0 spiro atoms. The van der Waals surface area contributed by atoms with E-state index < -0.39 is 0 Å². The highest BCUT2D eigenvalue weighted by Crippen LogP contribution is 2.16. The van der Waals surface area contributed by atoms with Crippen LogP contribution in [0.25, 0.3) is 0 Å². The molecule has 0 amide bonds. The molecule has 0 aliphatic heterocycles. The van der Waals surface area contributed by atoms with Crippen molar-refractivity contribution in [3.05, 3.63) is 50.6 Å². The molecule has 0 N–H and O–H groups in total. The highest BCUT2D eigenvalue weighted by molar-refractivity contribution is 9.10. The third-order valence-electron chi connectivity index (χ3n) is 2.57. The topological polar surface area (TPSA) is 53.4 Å². The molecule has 2 rings (SSSR count). The van der Waals surface area contributed by atoms with Gasteiger partial charge in [0.05, 0.1) is 20.0 Å². The molecule has 1 heterocycles. The Morgan fingerprint density at radius 1 is 1.35 bits per heavy atom. The molecule has 0 unspecified atom stereocenters. The molecule has 0 bridgehead atoms. The molecule has 0 fully saturated rings. The van der Waals surface area contributed by atoms with Gasteiger partial charge in [0.2, 0.25) is 5.75 Å². The van der Waals surface area contributed by atoms with Crippen molar-refractivity contribution in [2.24, 2.45) is 0 Å². The van der Waals surface area contributed by atoms with Gasteiger partial charge in [0.25, 0.3) is 5.56 Å². The first kappa shape index (κ1) is 14.9. The van der Waals surface area contributed by atoms with Crippen molar-refractivity contribution in [1.29, 1.82) is 0 Å². The molecule has 0 radical (unpaired) electrons. The molecule has 106 valence electrons. The van der Waals surface area contributed by atoms with E-state index >= 15 is 0 Å². The Kier molecular flexibility index (Phi) is 5.03. The van der Waals surface area contributed by atoms with Crippen molar-refractivity contribution in [2.45, 2.75) is 6.54 Å². The fourth-order valence-electron chi connectivity index (χ4n) is 1.57. The summed E-state index contributed by atoms with van der Waals surface area (Å²) in [5.74, 6) is 0.771. The highest BCUT2D eigenvalue weighted by atomic mass is 79.9. The van der Waals surface area contributed by atoms with Gasteiger partial charge in [-0.05, 0) is 24.3 Å². The van der Waals surface area contributed by atoms with Crippen LogP contribution < -0.4 is 15.0 Å². The second-order valence-corrected chi connectivity index (χ2v) is 5.14. The number of hydrogen-bond acceptors (Lipinski definition) is 4. The SMILES string of the molecule is COc1c(Cl)ncn(CCOc2ccc(Br)cc2)c1=O. The van der Waals surface area contributed by atoms with Gasteiger partial charge in [-0.2, -0.15) is 0 Å². The summed E-state index contributed by atoms with van der Waals surface area (Å²) in [7, 11) is 1.38. The monoisotopic (exact) mass is 358 g/mol. The fourth-order valence-corrected chi connectivity index (χ4v) is 2.04. The predicted molar refractivity (Wildman–Crippen MR) is 79.7 cm³/mol. The van der Waals surface area contributed by atoms with E-state index in [0.717, 1.165) is 10.2 Å². The van der Waals surface area contributed by atoms with Gasteiger partial charge < -0.3 is 9.47 Å². The van der Waals surface area contributed by atoms with E-state index in [9.17, 15) is 4.79 Å². The number of methoxy groups -OCH3 is 1. The Bertz CT molecular complexity index is 643. The average Bonchev–Trinajstić information content (AvgIpc) is 2.44. The molecular weight excluding hydrogens is 348 g/mol. The van der Waals surface area contributed by atoms with Crippen LogP contribution in [0, 0.1) is 0 Å². The molecule has 20 heavy (non-hydrogen) atoms. The largest absolute Gasteiger partial charge is 0.492 e. The summed E-state index contributed by atoms with van der Waals surface area (Å²) >= 11 is 9.11. The quantitative estimate of drug-likeness (QED) is 0.770. The van der Waals surface area contributed by atoms with E-state index in [4.69, 9.17) is 21.1 Å². The maximum absolute atomic E-state index is 12.0. The Labute approximate surface area is 129 Å². The van der Waals surface area contributed by atoms with Crippen LogP contribution in [0.4, 0.5) is 0 Å². The predicted octanol–water partition coefficient (Wildman–Crippen LogP) is 2.75. The average molecular weight is 360 g/mol. The van der Waals surface area contributed by atoms with Gasteiger partial charge in [0.15, 0.2) is 5.15 Å². The molecule has 2 aromatic rings. The summed E-state index contributed by atoms with van der Waals surface area (Å²) in [4.78, 5) is 15.8. The Balaban J connectivity index is 2.01. The van der Waals surface area contributed by atoms with Gasteiger partial charge in [0, 0.05) is 4.47 Å². The summed E-state index contributed by atoms with van der Waals surface area (Å²) in [6.07, 6.45) is 1.37. The fraction of sp³-hybridized carbons (Fsp3) is 0.231. The van der Waals surface area contributed by atoms with Gasteiger partial charge in [-0.1, -0.05) is 27.5 Å². The third kappa shape index (κ3) is 3.52. The second kappa shape index (κ2) is 6.76. The first-order chi connectivity index (χ1) is 9.61. The summed E-state index contributed by atoms with van der Waals surface area (Å²) in [6, 6.07) is 7.45. The Morgan fingerprint density at radius 2 is 2.05 bits per heavy atom. The molecule has 5 nitrogen and oxygen atoms in total. The van der Waals surface area contributed by atoms with Crippen LogP contribution in [0.1, 0.15) is 0 Å². The van der Waals surface area contributed by atoms with Crippen molar-refractivity contribution in [2.75, 3.05) is 13.7 Å². The minimum atomic E-state index is -0.327.